The largest absolute Gasteiger partial charge is 0.496 e. The summed E-state index contributed by atoms with van der Waals surface area (Å²) in [5, 5.41) is 0.445. The predicted molar refractivity (Wildman–Crippen MR) is 105 cm³/mol. The molecule has 0 aromatic carbocycles. The molecule has 2 N–H and O–H groups in total. The standard InChI is InChI=1S/C19H26ClN5O/c1-10-7-22-13(11(2)15(10)26-6)9-25-8-12(19(3,4)5)14-16(20)23-18(21)24-17(14)25/h7,12H,8-9H2,1-6H3,(H2,21,23,24). The van der Waals surface area contributed by atoms with Crippen molar-refractivity contribution in [3.63, 3.8) is 0 Å². The van der Waals surface area contributed by atoms with Crippen molar-refractivity contribution in [3.05, 3.63) is 33.7 Å². The van der Waals surface area contributed by atoms with Crippen molar-refractivity contribution in [1.29, 1.82) is 0 Å². The third kappa shape index (κ3) is 3.18. The Hall–Kier alpha value is -2.08. The Labute approximate surface area is 159 Å². The molecule has 1 aliphatic rings. The van der Waals surface area contributed by atoms with Crippen LogP contribution in [-0.2, 0) is 6.54 Å². The van der Waals surface area contributed by atoms with Crippen LogP contribution in [0.5, 0.6) is 5.75 Å². The zero-order valence-corrected chi connectivity index (χ0v) is 17.0. The third-order valence-electron chi connectivity index (χ3n) is 5.08. The van der Waals surface area contributed by atoms with Crippen LogP contribution < -0.4 is 15.4 Å². The van der Waals surface area contributed by atoms with E-state index in [4.69, 9.17) is 22.1 Å². The summed E-state index contributed by atoms with van der Waals surface area (Å²) in [6, 6.07) is 0. The first-order valence-electron chi connectivity index (χ1n) is 8.70. The molecule has 1 aliphatic heterocycles. The van der Waals surface area contributed by atoms with Gasteiger partial charge in [-0.25, -0.2) is 4.98 Å². The molecule has 0 saturated heterocycles. The van der Waals surface area contributed by atoms with Gasteiger partial charge in [0.15, 0.2) is 0 Å². The maximum Gasteiger partial charge on any atom is 0.223 e. The lowest BCUT2D eigenvalue weighted by Crippen LogP contribution is -2.27. The van der Waals surface area contributed by atoms with Gasteiger partial charge in [0.05, 0.1) is 19.3 Å². The molecular weight excluding hydrogens is 350 g/mol. The van der Waals surface area contributed by atoms with Gasteiger partial charge in [0.25, 0.3) is 0 Å². The topological polar surface area (TPSA) is 77.2 Å². The maximum atomic E-state index is 6.45. The van der Waals surface area contributed by atoms with E-state index < -0.39 is 0 Å². The first-order valence-corrected chi connectivity index (χ1v) is 9.08. The number of nitrogens with zero attached hydrogens (tertiary/aromatic N) is 4. The smallest absolute Gasteiger partial charge is 0.223 e. The lowest BCUT2D eigenvalue weighted by molar-refractivity contribution is 0.331. The number of methoxy groups -OCH3 is 1. The summed E-state index contributed by atoms with van der Waals surface area (Å²) in [4.78, 5) is 15.5. The lowest BCUT2D eigenvalue weighted by Gasteiger charge is -2.28. The van der Waals surface area contributed by atoms with Crippen molar-refractivity contribution >= 4 is 23.4 Å². The molecule has 26 heavy (non-hydrogen) atoms. The number of hydrogen-bond donors (Lipinski definition) is 1. The van der Waals surface area contributed by atoms with E-state index in [-0.39, 0.29) is 17.3 Å². The molecule has 0 fully saturated rings. The highest BCUT2D eigenvalue weighted by Gasteiger charge is 2.40. The van der Waals surface area contributed by atoms with Crippen LogP contribution in [0, 0.1) is 19.3 Å². The molecule has 6 nitrogen and oxygen atoms in total. The van der Waals surface area contributed by atoms with Crippen molar-refractivity contribution in [2.24, 2.45) is 5.41 Å². The zero-order valence-electron chi connectivity index (χ0n) is 16.2. The molecule has 0 spiro atoms. The van der Waals surface area contributed by atoms with Crippen LogP contribution >= 0.6 is 11.6 Å². The highest BCUT2D eigenvalue weighted by molar-refractivity contribution is 6.30. The molecule has 7 heteroatoms. The van der Waals surface area contributed by atoms with E-state index in [2.05, 4.69) is 40.6 Å². The molecule has 1 atom stereocenters. The van der Waals surface area contributed by atoms with Gasteiger partial charge in [0, 0.05) is 35.3 Å². The number of hydrogen-bond acceptors (Lipinski definition) is 6. The number of ether oxygens (including phenoxy) is 1. The predicted octanol–water partition coefficient (Wildman–Crippen LogP) is 3.88. The van der Waals surface area contributed by atoms with E-state index in [1.807, 2.05) is 20.0 Å². The van der Waals surface area contributed by atoms with Crippen molar-refractivity contribution in [3.8, 4) is 5.75 Å². The third-order valence-corrected chi connectivity index (χ3v) is 5.37. The number of nitrogens with two attached hydrogens (primary N) is 1. The summed E-state index contributed by atoms with van der Waals surface area (Å²) in [6.07, 6.45) is 1.85. The quantitative estimate of drug-likeness (QED) is 0.820. The Morgan fingerprint density at radius 3 is 2.62 bits per heavy atom. The first-order chi connectivity index (χ1) is 12.1. The number of anilines is 2. The minimum Gasteiger partial charge on any atom is -0.496 e. The molecule has 0 aliphatic carbocycles. The van der Waals surface area contributed by atoms with Gasteiger partial charge in [-0.15, -0.1) is 0 Å². The monoisotopic (exact) mass is 375 g/mol. The number of nitrogen functional groups attached to an aromatic ring is 1. The van der Waals surface area contributed by atoms with Gasteiger partial charge in [-0.3, -0.25) is 4.98 Å². The molecule has 2 aromatic rings. The van der Waals surface area contributed by atoms with Crippen LogP contribution in [0.25, 0.3) is 0 Å². The van der Waals surface area contributed by atoms with E-state index in [9.17, 15) is 0 Å². The number of pyridine rings is 1. The highest BCUT2D eigenvalue weighted by atomic mass is 35.5. The van der Waals surface area contributed by atoms with E-state index in [1.165, 1.54) is 0 Å². The molecule has 3 rings (SSSR count). The number of aryl methyl sites for hydroxylation is 1. The molecule has 140 valence electrons. The number of rotatable bonds is 3. The summed E-state index contributed by atoms with van der Waals surface area (Å²) in [7, 11) is 1.69. The molecule has 0 bridgehead atoms. The molecule has 0 saturated carbocycles. The SMILES string of the molecule is COc1c(C)cnc(CN2CC(C(C)(C)C)c3c(Cl)nc(N)nc32)c1C. The summed E-state index contributed by atoms with van der Waals surface area (Å²) in [5.41, 5.74) is 9.90. The van der Waals surface area contributed by atoms with Gasteiger partial charge in [0.1, 0.15) is 16.7 Å². The normalized spacial score (nSPS) is 16.7. The molecule has 2 aromatic heterocycles. The van der Waals surface area contributed by atoms with E-state index in [0.29, 0.717) is 11.7 Å². The summed E-state index contributed by atoms with van der Waals surface area (Å²) >= 11 is 6.45. The van der Waals surface area contributed by atoms with E-state index >= 15 is 0 Å². The van der Waals surface area contributed by atoms with Crippen molar-refractivity contribution in [1.82, 2.24) is 15.0 Å². The second-order valence-corrected chi connectivity index (χ2v) is 8.31. The fourth-order valence-corrected chi connectivity index (χ4v) is 3.95. The molecular formula is C19H26ClN5O. The molecule has 0 amide bonds. The average molecular weight is 376 g/mol. The summed E-state index contributed by atoms with van der Waals surface area (Å²) < 4.78 is 5.54. The fourth-order valence-electron chi connectivity index (χ4n) is 3.64. The van der Waals surface area contributed by atoms with Crippen molar-refractivity contribution < 1.29 is 4.74 Å². The number of fused-ring (bicyclic) bond motifs is 1. The summed E-state index contributed by atoms with van der Waals surface area (Å²) in [5.74, 6) is 2.10. The van der Waals surface area contributed by atoms with Crippen LogP contribution in [0.4, 0.5) is 11.8 Å². The van der Waals surface area contributed by atoms with Crippen LogP contribution in [0.1, 0.15) is 49.1 Å². The van der Waals surface area contributed by atoms with Crippen LogP contribution in [0.2, 0.25) is 5.15 Å². The second kappa shape index (κ2) is 6.58. The van der Waals surface area contributed by atoms with Crippen LogP contribution in [0.3, 0.4) is 0 Å². The van der Waals surface area contributed by atoms with Crippen molar-refractivity contribution in [2.75, 3.05) is 24.3 Å². The molecule has 1 unspecified atom stereocenters. The Kier molecular flexibility index (Phi) is 4.73. The van der Waals surface area contributed by atoms with Gasteiger partial charge >= 0.3 is 0 Å². The molecule has 3 heterocycles. The van der Waals surface area contributed by atoms with Gasteiger partial charge in [0.2, 0.25) is 5.95 Å². The second-order valence-electron chi connectivity index (χ2n) is 7.96. The minimum atomic E-state index is 0.0278. The van der Waals surface area contributed by atoms with E-state index in [0.717, 1.165) is 40.5 Å². The van der Waals surface area contributed by atoms with Crippen LogP contribution in [-0.4, -0.2) is 28.6 Å². The Morgan fingerprint density at radius 2 is 2.00 bits per heavy atom. The van der Waals surface area contributed by atoms with E-state index in [1.54, 1.807) is 7.11 Å². The van der Waals surface area contributed by atoms with Crippen LogP contribution in [0.15, 0.2) is 6.20 Å². The molecule has 0 radical (unpaired) electrons. The first kappa shape index (κ1) is 18.7. The average Bonchev–Trinajstić information content (AvgIpc) is 2.90. The maximum absolute atomic E-state index is 6.45. The lowest BCUT2D eigenvalue weighted by atomic mass is 9.78. The summed E-state index contributed by atoms with van der Waals surface area (Å²) in [6.45, 7) is 12.1. The Bertz CT molecular complexity index is 847. The minimum absolute atomic E-state index is 0.0278. The Balaban J connectivity index is 2.04. The van der Waals surface area contributed by atoms with Gasteiger partial charge in [-0.2, -0.15) is 4.98 Å². The highest BCUT2D eigenvalue weighted by Crippen LogP contribution is 2.48. The van der Waals surface area contributed by atoms with Crippen molar-refractivity contribution in [2.45, 2.75) is 47.1 Å². The van der Waals surface area contributed by atoms with Gasteiger partial charge in [-0.05, 0) is 19.3 Å². The number of aromatic nitrogens is 3. The Morgan fingerprint density at radius 1 is 1.31 bits per heavy atom. The number of halogens is 1. The van der Waals surface area contributed by atoms with Gasteiger partial charge < -0.3 is 15.4 Å². The zero-order chi connectivity index (χ0) is 19.2. The van der Waals surface area contributed by atoms with Gasteiger partial charge in [-0.1, -0.05) is 32.4 Å². The fraction of sp³-hybridized carbons (Fsp3) is 0.526.